The summed E-state index contributed by atoms with van der Waals surface area (Å²) in [6.45, 7) is 6.78. The third kappa shape index (κ3) is 4.88. The van der Waals surface area contributed by atoms with E-state index in [1.165, 1.54) is 30.6 Å². The van der Waals surface area contributed by atoms with Crippen LogP contribution in [0.5, 0.6) is 5.75 Å². The number of benzene rings is 1. The lowest BCUT2D eigenvalue weighted by Crippen LogP contribution is -2.70. The zero-order chi connectivity index (χ0) is 22.2. The fourth-order valence-corrected chi connectivity index (χ4v) is 5.19. The second-order valence-electron chi connectivity index (χ2n) is 9.14. The number of rotatable bonds is 7. The summed E-state index contributed by atoms with van der Waals surface area (Å²) in [5.74, 6) is 0.867. The van der Waals surface area contributed by atoms with Crippen LogP contribution in [0.3, 0.4) is 0 Å². The van der Waals surface area contributed by atoms with E-state index in [1.54, 1.807) is 35.4 Å². The van der Waals surface area contributed by atoms with Gasteiger partial charge >= 0.3 is 0 Å². The smallest absolute Gasteiger partial charge is 0.265 e. The van der Waals surface area contributed by atoms with Crippen molar-refractivity contribution < 1.29 is 14.3 Å². The number of carbonyl (C=O) groups is 2. The van der Waals surface area contributed by atoms with Gasteiger partial charge < -0.3 is 15.0 Å². The summed E-state index contributed by atoms with van der Waals surface area (Å²) in [4.78, 5) is 32.7. The van der Waals surface area contributed by atoms with E-state index in [0.29, 0.717) is 34.7 Å². The van der Waals surface area contributed by atoms with Gasteiger partial charge in [0.2, 0.25) is 0 Å². The number of hydrogen-bond donors (Lipinski definition) is 1. The Morgan fingerprint density at radius 3 is 2.68 bits per heavy atom. The number of ether oxygens (including phenoxy) is 1. The van der Waals surface area contributed by atoms with Crippen molar-refractivity contribution in [3.05, 3.63) is 45.4 Å². The van der Waals surface area contributed by atoms with Gasteiger partial charge in [0.25, 0.3) is 11.8 Å². The molecule has 1 aromatic carbocycles. The maximum absolute atomic E-state index is 13.0. The van der Waals surface area contributed by atoms with E-state index in [4.69, 9.17) is 16.3 Å². The van der Waals surface area contributed by atoms with E-state index >= 15 is 0 Å². The number of amides is 2. The average Bonchev–Trinajstić information content (AvgIpc) is 3.11. The maximum Gasteiger partial charge on any atom is 0.265 e. The largest absolute Gasteiger partial charge is 0.480 e. The number of thiazole rings is 1. The fourth-order valence-electron chi connectivity index (χ4n) is 3.95. The molecule has 1 unspecified atom stereocenters. The first-order valence-electron chi connectivity index (χ1n) is 10.7. The second kappa shape index (κ2) is 8.79. The van der Waals surface area contributed by atoms with Crippen LogP contribution >= 0.6 is 22.9 Å². The highest BCUT2D eigenvalue weighted by Gasteiger charge is 2.44. The average molecular weight is 462 g/mol. The van der Waals surface area contributed by atoms with Crippen molar-refractivity contribution in [1.82, 2.24) is 15.2 Å². The summed E-state index contributed by atoms with van der Waals surface area (Å²) in [5, 5.41) is 4.72. The topological polar surface area (TPSA) is 71.5 Å². The van der Waals surface area contributed by atoms with Crippen LogP contribution in [-0.2, 0) is 4.79 Å². The zero-order valence-corrected chi connectivity index (χ0v) is 19.6. The molecule has 1 aliphatic heterocycles. The summed E-state index contributed by atoms with van der Waals surface area (Å²) >= 11 is 7.54. The van der Waals surface area contributed by atoms with Crippen LogP contribution in [0.4, 0.5) is 0 Å². The lowest BCUT2D eigenvalue weighted by atomic mass is 9.86. The Hall–Kier alpha value is -2.12. The number of likely N-dealkylation sites (tertiary alicyclic amines) is 1. The summed E-state index contributed by atoms with van der Waals surface area (Å²) in [5.41, 5.74) is -0.473. The van der Waals surface area contributed by atoms with Gasteiger partial charge in [-0.1, -0.05) is 37.9 Å². The van der Waals surface area contributed by atoms with E-state index in [2.05, 4.69) is 10.3 Å². The van der Waals surface area contributed by atoms with E-state index < -0.39 is 11.6 Å². The van der Waals surface area contributed by atoms with Crippen LogP contribution < -0.4 is 10.1 Å². The van der Waals surface area contributed by atoms with Gasteiger partial charge in [0, 0.05) is 24.0 Å². The Kier molecular flexibility index (Phi) is 6.26. The standard InChI is InChI=1S/C23H28ClN3O3S/c1-14(2)19(30-17-9-5-8-16(24)10-17)20(28)26-23(3)12-27(13-23)22(29)18-11-25-21(31-18)15-6-4-7-15/h5,8-11,14-15,19H,4,6-7,12-13H2,1-3H3,(H,26,28). The molecule has 1 aromatic heterocycles. The molecular formula is C23H28ClN3O3S. The molecule has 1 saturated heterocycles. The quantitative estimate of drug-likeness (QED) is 0.659. The monoisotopic (exact) mass is 461 g/mol. The maximum atomic E-state index is 13.0. The van der Waals surface area contributed by atoms with Crippen LogP contribution in [-0.4, -0.2) is 46.4 Å². The minimum absolute atomic E-state index is 0.00890. The first-order chi connectivity index (χ1) is 14.7. The van der Waals surface area contributed by atoms with Crippen LogP contribution in [0, 0.1) is 5.92 Å². The lowest BCUT2D eigenvalue weighted by molar-refractivity contribution is -0.133. The Morgan fingerprint density at radius 2 is 2.06 bits per heavy atom. The van der Waals surface area contributed by atoms with Crippen molar-refractivity contribution in [1.29, 1.82) is 0 Å². The molecule has 1 saturated carbocycles. The van der Waals surface area contributed by atoms with Gasteiger partial charge in [0.05, 0.1) is 16.7 Å². The zero-order valence-electron chi connectivity index (χ0n) is 18.1. The van der Waals surface area contributed by atoms with Gasteiger partial charge in [-0.2, -0.15) is 0 Å². The van der Waals surface area contributed by atoms with Crippen molar-refractivity contribution in [2.24, 2.45) is 5.92 Å². The Labute approximate surface area is 191 Å². The Bertz CT molecular complexity index is 966. The summed E-state index contributed by atoms with van der Waals surface area (Å²) in [7, 11) is 0. The van der Waals surface area contributed by atoms with Crippen molar-refractivity contribution in [2.45, 2.75) is 57.6 Å². The molecule has 6 nitrogen and oxygen atoms in total. The van der Waals surface area contributed by atoms with E-state index in [0.717, 1.165) is 5.01 Å². The van der Waals surface area contributed by atoms with Gasteiger partial charge in [-0.15, -0.1) is 11.3 Å². The second-order valence-corrected chi connectivity index (χ2v) is 10.6. The highest BCUT2D eigenvalue weighted by Crippen LogP contribution is 2.38. The fraction of sp³-hybridized carbons (Fsp3) is 0.522. The molecule has 31 heavy (non-hydrogen) atoms. The van der Waals surface area contributed by atoms with Crippen LogP contribution in [0.25, 0.3) is 0 Å². The number of carbonyl (C=O) groups excluding carboxylic acids is 2. The molecule has 2 amide bonds. The summed E-state index contributed by atoms with van der Waals surface area (Å²) in [6.07, 6.45) is 4.64. The number of nitrogens with zero attached hydrogens (tertiary/aromatic N) is 2. The minimum atomic E-state index is -0.647. The predicted molar refractivity (Wildman–Crippen MR) is 122 cm³/mol. The molecule has 2 aliphatic rings. The third-order valence-corrected chi connectivity index (χ3v) is 7.29. The molecule has 166 valence electrons. The molecule has 0 bridgehead atoms. The van der Waals surface area contributed by atoms with Crippen molar-refractivity contribution in [2.75, 3.05) is 13.1 Å². The molecule has 1 N–H and O–H groups in total. The number of halogens is 1. The normalized spacial score (nSPS) is 18.8. The van der Waals surface area contributed by atoms with E-state index in [9.17, 15) is 9.59 Å². The SMILES string of the molecule is CC(C)C(Oc1cccc(Cl)c1)C(=O)NC1(C)CN(C(=O)c2cnc(C3CCC3)s2)C1. The molecule has 0 radical (unpaired) electrons. The molecule has 1 aliphatic carbocycles. The van der Waals surface area contributed by atoms with Gasteiger partial charge in [0.15, 0.2) is 6.10 Å². The molecule has 2 fully saturated rings. The molecule has 4 rings (SSSR count). The van der Waals surface area contributed by atoms with Crippen LogP contribution in [0.15, 0.2) is 30.5 Å². The van der Waals surface area contributed by atoms with Crippen molar-refractivity contribution in [3.63, 3.8) is 0 Å². The summed E-state index contributed by atoms with van der Waals surface area (Å²) < 4.78 is 5.93. The van der Waals surface area contributed by atoms with E-state index in [1.807, 2.05) is 20.8 Å². The minimum Gasteiger partial charge on any atom is -0.480 e. The Balaban J connectivity index is 1.34. The van der Waals surface area contributed by atoms with Gasteiger partial charge in [-0.3, -0.25) is 9.59 Å². The van der Waals surface area contributed by atoms with Gasteiger partial charge in [0.1, 0.15) is 10.6 Å². The number of nitrogens with one attached hydrogen (secondary N) is 1. The van der Waals surface area contributed by atoms with Crippen molar-refractivity contribution in [3.8, 4) is 5.75 Å². The van der Waals surface area contributed by atoms with Gasteiger partial charge in [-0.25, -0.2) is 4.98 Å². The van der Waals surface area contributed by atoms with Crippen molar-refractivity contribution >= 4 is 34.8 Å². The molecular weight excluding hydrogens is 434 g/mol. The third-order valence-electron chi connectivity index (χ3n) is 5.90. The van der Waals surface area contributed by atoms with Crippen LogP contribution in [0.1, 0.15) is 60.6 Å². The lowest BCUT2D eigenvalue weighted by Gasteiger charge is -2.48. The first-order valence-corrected chi connectivity index (χ1v) is 11.9. The first kappa shape index (κ1) is 22.1. The molecule has 1 atom stereocenters. The number of hydrogen-bond acceptors (Lipinski definition) is 5. The summed E-state index contributed by atoms with van der Waals surface area (Å²) in [6, 6.07) is 7.03. The number of aromatic nitrogens is 1. The van der Waals surface area contributed by atoms with E-state index in [-0.39, 0.29) is 17.7 Å². The van der Waals surface area contributed by atoms with Crippen LogP contribution in [0.2, 0.25) is 5.02 Å². The molecule has 2 aromatic rings. The highest BCUT2D eigenvalue weighted by atomic mass is 35.5. The molecule has 0 spiro atoms. The predicted octanol–water partition coefficient (Wildman–Crippen LogP) is 4.50. The molecule has 8 heteroatoms. The Morgan fingerprint density at radius 1 is 1.32 bits per heavy atom. The highest BCUT2D eigenvalue weighted by molar-refractivity contribution is 7.13. The van der Waals surface area contributed by atoms with Gasteiger partial charge in [-0.05, 0) is 43.9 Å². The molecule has 2 heterocycles.